The zero-order chi connectivity index (χ0) is 19.7. The Morgan fingerprint density at radius 3 is 2.70 bits per heavy atom. The zero-order valence-electron chi connectivity index (χ0n) is 13.5. The maximum absolute atomic E-state index is 11.3. The lowest BCUT2D eigenvalue weighted by atomic mass is 10.2. The van der Waals surface area contributed by atoms with Gasteiger partial charge in [0.2, 0.25) is 0 Å². The van der Waals surface area contributed by atoms with Gasteiger partial charge in [0, 0.05) is 13.1 Å². The van der Waals surface area contributed by atoms with E-state index in [9.17, 15) is 14.9 Å². The number of nitro groups is 1. The van der Waals surface area contributed by atoms with Crippen LogP contribution in [-0.4, -0.2) is 40.3 Å². The molecule has 0 aliphatic carbocycles. The second kappa shape index (κ2) is 7.55. The van der Waals surface area contributed by atoms with E-state index < -0.39 is 10.9 Å². The Morgan fingerprint density at radius 1 is 1.37 bits per heavy atom. The predicted molar refractivity (Wildman–Crippen MR) is 96.5 cm³/mol. The molecule has 0 aliphatic rings. The summed E-state index contributed by atoms with van der Waals surface area (Å²) in [5.74, 6) is -0.718. The van der Waals surface area contributed by atoms with Crippen molar-refractivity contribution in [3.63, 3.8) is 0 Å². The number of carboxylic acids is 1. The number of halogens is 2. The lowest BCUT2D eigenvalue weighted by Crippen LogP contribution is -2.06. The Kier molecular flexibility index (Phi) is 5.35. The lowest BCUT2D eigenvalue weighted by Gasteiger charge is -2.06. The second-order valence-corrected chi connectivity index (χ2v) is 6.98. The van der Waals surface area contributed by atoms with Crippen LogP contribution >= 0.6 is 35.0 Å². The summed E-state index contributed by atoms with van der Waals surface area (Å²) in [4.78, 5) is 25.8. The van der Waals surface area contributed by atoms with Crippen LogP contribution in [0.25, 0.3) is 0 Å². The number of hydrogen-bond acceptors (Lipinski definition) is 7. The number of rotatable bonds is 6. The molecule has 0 spiro atoms. The standard InChI is InChI=1S/C14H10Cl2N6O4S/c1-20-10(5-21-6-17-11(15)12(21)16)18-19-14(20)27-9-3-2-7(13(23)24)4-8(9)22(25)26/h2-4,6H,5H2,1H3,(H,23,24). The first kappa shape index (κ1) is 19.1. The van der Waals surface area contributed by atoms with Gasteiger partial charge in [0.25, 0.3) is 5.69 Å². The van der Waals surface area contributed by atoms with Crippen LogP contribution in [0.1, 0.15) is 16.2 Å². The summed E-state index contributed by atoms with van der Waals surface area (Å²) in [5, 5.41) is 29.2. The molecule has 140 valence electrons. The number of aromatic carboxylic acids is 1. The number of hydrogen-bond donors (Lipinski definition) is 1. The Hall–Kier alpha value is -2.63. The van der Waals surface area contributed by atoms with Gasteiger partial charge >= 0.3 is 5.97 Å². The van der Waals surface area contributed by atoms with E-state index in [4.69, 9.17) is 28.3 Å². The highest BCUT2D eigenvalue weighted by atomic mass is 35.5. The molecule has 1 N–H and O–H groups in total. The number of aromatic nitrogens is 5. The van der Waals surface area contributed by atoms with Crippen molar-refractivity contribution in [3.8, 4) is 0 Å². The first-order valence-corrected chi connectivity index (χ1v) is 8.79. The Morgan fingerprint density at radius 2 is 2.11 bits per heavy atom. The van der Waals surface area contributed by atoms with Crippen molar-refractivity contribution in [3.05, 3.63) is 56.3 Å². The third-order valence-corrected chi connectivity index (χ3v) is 5.45. The van der Waals surface area contributed by atoms with E-state index in [1.807, 2.05) is 0 Å². The smallest absolute Gasteiger partial charge is 0.335 e. The number of benzene rings is 1. The highest BCUT2D eigenvalue weighted by Gasteiger charge is 2.21. The van der Waals surface area contributed by atoms with E-state index in [-0.39, 0.29) is 33.0 Å². The summed E-state index contributed by atoms with van der Waals surface area (Å²) in [6, 6.07) is 3.67. The minimum absolute atomic E-state index is 0.169. The number of carbonyl (C=O) groups is 1. The van der Waals surface area contributed by atoms with Gasteiger partial charge in [-0.25, -0.2) is 9.78 Å². The minimum Gasteiger partial charge on any atom is -0.478 e. The first-order valence-electron chi connectivity index (χ1n) is 7.22. The van der Waals surface area contributed by atoms with Crippen LogP contribution < -0.4 is 0 Å². The number of nitrogens with zero attached hydrogens (tertiary/aromatic N) is 6. The lowest BCUT2D eigenvalue weighted by molar-refractivity contribution is -0.387. The van der Waals surface area contributed by atoms with E-state index in [1.165, 1.54) is 18.5 Å². The summed E-state index contributed by atoms with van der Waals surface area (Å²) in [7, 11) is 1.70. The molecule has 0 amide bonds. The average Bonchev–Trinajstić information content (AvgIpc) is 3.13. The van der Waals surface area contributed by atoms with Crippen LogP contribution in [0.5, 0.6) is 0 Å². The molecule has 10 nitrogen and oxygen atoms in total. The van der Waals surface area contributed by atoms with Crippen molar-refractivity contribution >= 4 is 46.6 Å². The maximum Gasteiger partial charge on any atom is 0.335 e. The van der Waals surface area contributed by atoms with E-state index >= 15 is 0 Å². The minimum atomic E-state index is -1.24. The highest BCUT2D eigenvalue weighted by molar-refractivity contribution is 7.99. The third kappa shape index (κ3) is 3.89. The Labute approximate surface area is 165 Å². The molecular weight excluding hydrogens is 419 g/mol. The summed E-state index contributed by atoms with van der Waals surface area (Å²) in [5.41, 5.74) is -0.495. The molecule has 27 heavy (non-hydrogen) atoms. The third-order valence-electron chi connectivity index (χ3n) is 3.57. The van der Waals surface area contributed by atoms with Crippen LogP contribution in [0.15, 0.2) is 34.6 Å². The summed E-state index contributed by atoms with van der Waals surface area (Å²) in [6.07, 6.45) is 1.46. The van der Waals surface area contributed by atoms with E-state index in [2.05, 4.69) is 15.2 Å². The van der Waals surface area contributed by atoms with Gasteiger partial charge in [-0.05, 0) is 23.9 Å². The molecular formula is C14H10Cl2N6O4S. The summed E-state index contributed by atoms with van der Waals surface area (Å²) >= 11 is 12.8. The molecule has 13 heteroatoms. The highest BCUT2D eigenvalue weighted by Crippen LogP contribution is 2.34. The monoisotopic (exact) mass is 428 g/mol. The van der Waals surface area contributed by atoms with Gasteiger partial charge in [-0.2, -0.15) is 0 Å². The molecule has 3 rings (SSSR count). The fourth-order valence-electron chi connectivity index (χ4n) is 2.15. The second-order valence-electron chi connectivity index (χ2n) is 5.26. The number of carboxylic acid groups (broad SMARTS) is 1. The number of imidazole rings is 1. The number of nitro benzene ring substituents is 1. The molecule has 3 aromatic rings. The molecule has 0 bridgehead atoms. The van der Waals surface area contributed by atoms with Crippen LogP contribution in [0.2, 0.25) is 10.3 Å². The molecule has 0 atom stereocenters. The van der Waals surface area contributed by atoms with E-state index in [0.717, 1.165) is 17.8 Å². The average molecular weight is 429 g/mol. The van der Waals surface area contributed by atoms with Gasteiger partial charge < -0.3 is 14.2 Å². The molecule has 1 aromatic carbocycles. The van der Waals surface area contributed by atoms with Gasteiger partial charge in [0.05, 0.1) is 28.3 Å². The van der Waals surface area contributed by atoms with Crippen molar-refractivity contribution < 1.29 is 14.8 Å². The molecule has 2 aromatic heterocycles. The normalized spacial score (nSPS) is 10.9. The Balaban J connectivity index is 1.89. The largest absolute Gasteiger partial charge is 0.478 e. The van der Waals surface area contributed by atoms with Crippen LogP contribution in [0.4, 0.5) is 5.69 Å². The molecule has 0 aliphatic heterocycles. The molecule has 0 fully saturated rings. The zero-order valence-corrected chi connectivity index (χ0v) is 15.9. The van der Waals surface area contributed by atoms with Crippen molar-refractivity contribution in [1.29, 1.82) is 0 Å². The topological polar surface area (TPSA) is 129 Å². The molecule has 2 heterocycles. The van der Waals surface area contributed by atoms with Gasteiger partial charge in [-0.3, -0.25) is 10.1 Å². The summed E-state index contributed by atoms with van der Waals surface area (Å²) < 4.78 is 3.22. The fraction of sp³-hybridized carbons (Fsp3) is 0.143. The van der Waals surface area contributed by atoms with Crippen molar-refractivity contribution in [2.45, 2.75) is 16.6 Å². The van der Waals surface area contributed by atoms with Gasteiger partial charge in [0.1, 0.15) is 5.15 Å². The predicted octanol–water partition coefficient (Wildman–Crippen LogP) is 3.12. The molecule has 0 unspecified atom stereocenters. The SMILES string of the molecule is Cn1c(Cn2cnc(Cl)c2Cl)nnc1Sc1ccc(C(=O)O)cc1[N+](=O)[O-]. The van der Waals surface area contributed by atoms with Gasteiger partial charge in [-0.1, -0.05) is 23.2 Å². The molecule has 0 saturated carbocycles. The molecule has 0 saturated heterocycles. The quantitative estimate of drug-likeness (QED) is 0.468. The van der Waals surface area contributed by atoms with Crippen molar-refractivity contribution in [2.75, 3.05) is 0 Å². The van der Waals surface area contributed by atoms with Gasteiger partial charge in [0.15, 0.2) is 16.1 Å². The maximum atomic E-state index is 11.3. The van der Waals surface area contributed by atoms with Crippen LogP contribution in [0.3, 0.4) is 0 Å². The van der Waals surface area contributed by atoms with E-state index in [0.29, 0.717) is 11.0 Å². The van der Waals surface area contributed by atoms with E-state index in [1.54, 1.807) is 16.2 Å². The Bertz CT molecular complexity index is 1050. The fourth-order valence-corrected chi connectivity index (χ4v) is 3.35. The van der Waals surface area contributed by atoms with Crippen molar-refractivity contribution in [1.82, 2.24) is 24.3 Å². The summed E-state index contributed by atoms with van der Waals surface area (Å²) in [6.45, 7) is 0.253. The molecule has 0 radical (unpaired) electrons. The van der Waals surface area contributed by atoms with Crippen molar-refractivity contribution in [2.24, 2.45) is 7.05 Å². The van der Waals surface area contributed by atoms with Crippen LogP contribution in [0, 0.1) is 10.1 Å². The van der Waals surface area contributed by atoms with Gasteiger partial charge in [-0.15, -0.1) is 10.2 Å². The van der Waals surface area contributed by atoms with Crippen LogP contribution in [-0.2, 0) is 13.6 Å². The first-order chi connectivity index (χ1) is 12.8.